The third kappa shape index (κ3) is 4.19. The van der Waals surface area contributed by atoms with Gasteiger partial charge in [0, 0.05) is 12.0 Å². The SMILES string of the molecule is Cc1ncn(-c2ccc(/C=C3\CC4(CCS(=O)(=O)C4)CN4C3=NNCC4c3ccc(F)cc3)c3cnoc23)n1. The largest absolute Gasteiger partial charge is 0.354 e. The van der Waals surface area contributed by atoms with Crippen molar-refractivity contribution in [2.45, 2.75) is 25.8 Å². The van der Waals surface area contributed by atoms with Crippen LogP contribution in [0.2, 0.25) is 0 Å². The van der Waals surface area contributed by atoms with Gasteiger partial charge in [0.2, 0.25) is 0 Å². The van der Waals surface area contributed by atoms with Crippen molar-refractivity contribution in [3.8, 4) is 5.69 Å². The van der Waals surface area contributed by atoms with E-state index in [1.54, 1.807) is 29.3 Å². The number of sulfone groups is 1. The van der Waals surface area contributed by atoms with Gasteiger partial charge in [0.1, 0.15) is 23.7 Å². The predicted molar refractivity (Wildman–Crippen MR) is 143 cm³/mol. The molecule has 2 aromatic heterocycles. The summed E-state index contributed by atoms with van der Waals surface area (Å²) in [6, 6.07) is 10.3. The van der Waals surface area contributed by atoms with Crippen LogP contribution in [-0.2, 0) is 9.84 Å². The number of fused-ring (bicyclic) bond motifs is 2. The first-order valence-corrected chi connectivity index (χ1v) is 14.6. The van der Waals surface area contributed by atoms with E-state index in [9.17, 15) is 12.8 Å². The monoisotopic (exact) mass is 547 g/mol. The average molecular weight is 548 g/mol. The Kier molecular flexibility index (Phi) is 5.38. The van der Waals surface area contributed by atoms with Crippen LogP contribution in [0.1, 0.15) is 35.8 Å². The lowest BCUT2D eigenvalue weighted by Gasteiger charge is -2.48. The molecule has 2 atom stereocenters. The molecule has 7 rings (SSSR count). The molecule has 0 bridgehead atoms. The van der Waals surface area contributed by atoms with E-state index >= 15 is 0 Å². The van der Waals surface area contributed by atoms with Crippen LogP contribution in [0.3, 0.4) is 0 Å². The molecule has 200 valence electrons. The Bertz CT molecular complexity index is 1760. The Morgan fingerprint density at radius 1 is 1.21 bits per heavy atom. The normalized spacial score (nSPS) is 25.2. The van der Waals surface area contributed by atoms with E-state index in [1.165, 1.54) is 12.1 Å². The number of hydrogen-bond donors (Lipinski definition) is 1. The van der Waals surface area contributed by atoms with Crippen molar-refractivity contribution >= 4 is 32.7 Å². The van der Waals surface area contributed by atoms with E-state index in [1.807, 2.05) is 19.1 Å². The summed E-state index contributed by atoms with van der Waals surface area (Å²) in [5.74, 6) is 1.44. The van der Waals surface area contributed by atoms with Gasteiger partial charge in [-0.1, -0.05) is 23.4 Å². The van der Waals surface area contributed by atoms with Crippen molar-refractivity contribution < 1.29 is 17.3 Å². The highest BCUT2D eigenvalue weighted by Gasteiger charge is 2.49. The Morgan fingerprint density at radius 2 is 2.05 bits per heavy atom. The van der Waals surface area contributed by atoms with Crippen LogP contribution in [-0.4, -0.2) is 63.7 Å². The summed E-state index contributed by atoms with van der Waals surface area (Å²) < 4.78 is 46.3. The molecule has 0 amide bonds. The Balaban J connectivity index is 1.34. The van der Waals surface area contributed by atoms with Crippen LogP contribution in [0.5, 0.6) is 0 Å². The fourth-order valence-corrected chi connectivity index (χ4v) is 8.29. The maximum atomic E-state index is 13.7. The van der Waals surface area contributed by atoms with E-state index in [0.29, 0.717) is 37.3 Å². The first-order valence-electron chi connectivity index (χ1n) is 12.8. The molecule has 0 aliphatic carbocycles. The van der Waals surface area contributed by atoms with Crippen LogP contribution < -0.4 is 5.43 Å². The highest BCUT2D eigenvalue weighted by atomic mass is 32.2. The van der Waals surface area contributed by atoms with Crippen molar-refractivity contribution in [1.29, 1.82) is 0 Å². The standard InChI is InChI=1S/C27H26FN7O3S/c1-17-29-16-35(33-17)23-7-4-19(22-12-31-38-25(22)23)10-20-11-27(8-9-39(36,37)15-27)14-34-24(13-30-32-26(20)34)18-2-5-21(28)6-3-18/h2-7,10,12,16,24,30H,8-9,11,13-15H2,1H3/b20-10+. The van der Waals surface area contributed by atoms with Gasteiger partial charge < -0.3 is 14.8 Å². The Labute approximate surface area is 224 Å². The summed E-state index contributed by atoms with van der Waals surface area (Å²) in [5.41, 5.74) is 6.81. The van der Waals surface area contributed by atoms with Crippen LogP contribution in [0.25, 0.3) is 22.7 Å². The van der Waals surface area contributed by atoms with Crippen LogP contribution in [0.15, 0.2) is 64.1 Å². The van der Waals surface area contributed by atoms with Crippen molar-refractivity contribution in [2.75, 3.05) is 24.6 Å². The van der Waals surface area contributed by atoms with Crippen LogP contribution >= 0.6 is 0 Å². The first-order chi connectivity index (χ1) is 18.8. The molecule has 5 heterocycles. The number of piperidine rings is 1. The van der Waals surface area contributed by atoms with Gasteiger partial charge in [-0.2, -0.15) is 10.2 Å². The van der Waals surface area contributed by atoms with Gasteiger partial charge in [-0.3, -0.25) is 0 Å². The molecule has 4 aromatic rings. The highest BCUT2D eigenvalue weighted by molar-refractivity contribution is 7.91. The lowest BCUT2D eigenvalue weighted by Crippen LogP contribution is -2.54. The molecule has 10 nitrogen and oxygen atoms in total. The molecule has 2 unspecified atom stereocenters. The maximum Gasteiger partial charge on any atom is 0.193 e. The minimum atomic E-state index is -3.14. The van der Waals surface area contributed by atoms with E-state index in [-0.39, 0.29) is 23.4 Å². The molecule has 2 aromatic carbocycles. The summed E-state index contributed by atoms with van der Waals surface area (Å²) in [5, 5.41) is 13.9. The smallest absolute Gasteiger partial charge is 0.193 e. The van der Waals surface area contributed by atoms with E-state index in [4.69, 9.17) is 4.52 Å². The van der Waals surface area contributed by atoms with Crippen molar-refractivity contribution in [3.05, 3.63) is 77.3 Å². The average Bonchev–Trinajstić information content (AvgIpc) is 3.64. The molecule has 2 fully saturated rings. The van der Waals surface area contributed by atoms with Gasteiger partial charge in [0.05, 0.1) is 35.7 Å². The van der Waals surface area contributed by atoms with Crippen molar-refractivity contribution in [2.24, 2.45) is 10.5 Å². The number of halogens is 1. The van der Waals surface area contributed by atoms with E-state index in [0.717, 1.165) is 33.6 Å². The summed E-state index contributed by atoms with van der Waals surface area (Å²) in [7, 11) is -3.14. The molecule has 3 aliphatic rings. The zero-order valence-corrected chi connectivity index (χ0v) is 22.0. The van der Waals surface area contributed by atoms with Crippen LogP contribution in [0, 0.1) is 18.2 Å². The number of hydrogen-bond acceptors (Lipinski definition) is 9. The fraction of sp³-hybridized carbons (Fsp3) is 0.333. The summed E-state index contributed by atoms with van der Waals surface area (Å²) in [6.07, 6.45) is 6.53. The fourth-order valence-electron chi connectivity index (χ4n) is 6.14. The topological polar surface area (TPSA) is 119 Å². The second kappa shape index (κ2) is 8.73. The lowest BCUT2D eigenvalue weighted by atomic mass is 9.75. The number of hydrazone groups is 1. The number of benzene rings is 2. The quantitative estimate of drug-likeness (QED) is 0.415. The molecular weight excluding hydrogens is 521 g/mol. The van der Waals surface area contributed by atoms with Crippen molar-refractivity contribution in [3.63, 3.8) is 0 Å². The van der Waals surface area contributed by atoms with Crippen molar-refractivity contribution in [1.82, 2.24) is 30.2 Å². The molecular formula is C27H26FN7O3S. The molecule has 1 spiro atoms. The number of aromatic nitrogens is 4. The number of aryl methyl sites for hydroxylation is 1. The molecule has 1 N–H and O–H groups in total. The minimum Gasteiger partial charge on any atom is -0.354 e. The maximum absolute atomic E-state index is 13.7. The van der Waals surface area contributed by atoms with Crippen LogP contribution in [0.4, 0.5) is 4.39 Å². The van der Waals surface area contributed by atoms with Gasteiger partial charge >= 0.3 is 0 Å². The predicted octanol–water partition coefficient (Wildman–Crippen LogP) is 3.41. The van der Waals surface area contributed by atoms with Gasteiger partial charge in [-0.15, -0.1) is 0 Å². The third-order valence-electron chi connectivity index (χ3n) is 7.92. The number of nitrogens with one attached hydrogen (secondary N) is 1. The van der Waals surface area contributed by atoms with E-state index < -0.39 is 15.3 Å². The van der Waals surface area contributed by atoms with E-state index in [2.05, 4.69) is 36.7 Å². The van der Waals surface area contributed by atoms with Gasteiger partial charge in [-0.05, 0) is 60.7 Å². The number of nitrogens with zero attached hydrogens (tertiary/aromatic N) is 6. The Hall–Kier alpha value is -4.06. The van der Waals surface area contributed by atoms with Gasteiger partial charge in [0.15, 0.2) is 21.3 Å². The molecule has 39 heavy (non-hydrogen) atoms. The molecule has 12 heteroatoms. The first kappa shape index (κ1) is 24.0. The zero-order chi connectivity index (χ0) is 26.8. The van der Waals surface area contributed by atoms with Gasteiger partial charge in [0.25, 0.3) is 0 Å². The summed E-state index contributed by atoms with van der Waals surface area (Å²) in [4.78, 5) is 6.41. The summed E-state index contributed by atoms with van der Waals surface area (Å²) in [6.45, 7) is 2.92. The van der Waals surface area contributed by atoms with Gasteiger partial charge in [-0.25, -0.2) is 22.5 Å². The highest BCUT2D eigenvalue weighted by Crippen LogP contribution is 2.46. The minimum absolute atomic E-state index is 0.115. The Morgan fingerprint density at radius 3 is 2.79 bits per heavy atom. The zero-order valence-electron chi connectivity index (χ0n) is 21.2. The number of rotatable bonds is 3. The second-order valence-corrected chi connectivity index (χ2v) is 12.8. The third-order valence-corrected chi connectivity index (χ3v) is 9.80. The molecule has 2 saturated heterocycles. The second-order valence-electron chi connectivity index (χ2n) is 10.7. The lowest BCUT2D eigenvalue weighted by molar-refractivity contribution is 0.165. The molecule has 3 aliphatic heterocycles. The molecule has 0 radical (unpaired) electrons. The number of amidine groups is 1. The molecule has 0 saturated carbocycles. The summed E-state index contributed by atoms with van der Waals surface area (Å²) >= 11 is 0.